The Labute approximate surface area is 163 Å². The zero-order chi connectivity index (χ0) is 19.1. The number of hydrogen-bond acceptors (Lipinski definition) is 3. The van der Waals surface area contributed by atoms with Gasteiger partial charge in [-0.1, -0.05) is 43.1 Å². The highest BCUT2D eigenvalue weighted by molar-refractivity contribution is 6.31. The summed E-state index contributed by atoms with van der Waals surface area (Å²) in [6, 6.07) is 16.8. The van der Waals surface area contributed by atoms with Crippen molar-refractivity contribution in [1.82, 2.24) is 15.5 Å². The van der Waals surface area contributed by atoms with Crippen molar-refractivity contribution in [3.05, 3.63) is 70.9 Å². The van der Waals surface area contributed by atoms with Crippen LogP contribution in [0.15, 0.2) is 54.6 Å². The molecule has 0 radical (unpaired) electrons. The van der Waals surface area contributed by atoms with Gasteiger partial charge in [-0.05, 0) is 48.4 Å². The molecule has 0 bridgehead atoms. The minimum Gasteiger partial charge on any atom is -0.494 e. The molecule has 0 unspecified atom stereocenters. The third-order valence-corrected chi connectivity index (χ3v) is 4.51. The Morgan fingerprint density at radius 1 is 1.19 bits per heavy atom. The Balaban J connectivity index is 1.60. The van der Waals surface area contributed by atoms with Crippen LogP contribution in [0.3, 0.4) is 0 Å². The molecule has 1 amide bonds. The van der Waals surface area contributed by atoms with E-state index >= 15 is 0 Å². The molecular weight excluding hydrogens is 362 g/mol. The van der Waals surface area contributed by atoms with Gasteiger partial charge in [-0.3, -0.25) is 9.89 Å². The summed E-state index contributed by atoms with van der Waals surface area (Å²) in [4.78, 5) is 12.3. The maximum Gasteiger partial charge on any atom is 0.269 e. The summed E-state index contributed by atoms with van der Waals surface area (Å²) < 4.78 is 5.66. The second kappa shape index (κ2) is 9.24. The van der Waals surface area contributed by atoms with Gasteiger partial charge in [0, 0.05) is 17.1 Å². The van der Waals surface area contributed by atoms with Crippen LogP contribution in [-0.4, -0.2) is 22.7 Å². The van der Waals surface area contributed by atoms with Crippen molar-refractivity contribution in [3.63, 3.8) is 0 Å². The molecule has 27 heavy (non-hydrogen) atoms. The molecule has 3 aromatic rings. The second-order valence-corrected chi connectivity index (χ2v) is 6.57. The summed E-state index contributed by atoms with van der Waals surface area (Å²) in [5.74, 6) is 0.605. The lowest BCUT2D eigenvalue weighted by Gasteiger charge is -2.05. The molecule has 5 nitrogen and oxygen atoms in total. The Morgan fingerprint density at radius 3 is 2.70 bits per heavy atom. The van der Waals surface area contributed by atoms with E-state index in [-0.39, 0.29) is 5.91 Å². The van der Waals surface area contributed by atoms with Gasteiger partial charge in [0.25, 0.3) is 5.91 Å². The summed E-state index contributed by atoms with van der Waals surface area (Å²) in [5, 5.41) is 10.5. The predicted molar refractivity (Wildman–Crippen MR) is 107 cm³/mol. The number of ether oxygens (including phenoxy) is 1. The highest BCUT2D eigenvalue weighted by atomic mass is 35.5. The molecule has 0 fully saturated rings. The van der Waals surface area contributed by atoms with Gasteiger partial charge < -0.3 is 10.1 Å². The molecule has 140 valence electrons. The quantitative estimate of drug-likeness (QED) is 0.547. The van der Waals surface area contributed by atoms with E-state index < -0.39 is 0 Å². The first kappa shape index (κ1) is 19.0. The van der Waals surface area contributed by atoms with Crippen molar-refractivity contribution < 1.29 is 9.53 Å². The Morgan fingerprint density at radius 2 is 1.96 bits per heavy atom. The van der Waals surface area contributed by atoms with Gasteiger partial charge in [0.1, 0.15) is 11.4 Å². The number of nitrogens with zero attached hydrogens (tertiary/aromatic N) is 1. The average Bonchev–Trinajstić information content (AvgIpc) is 3.18. The largest absolute Gasteiger partial charge is 0.494 e. The van der Waals surface area contributed by atoms with E-state index in [2.05, 4.69) is 22.4 Å². The van der Waals surface area contributed by atoms with E-state index in [1.165, 1.54) is 0 Å². The Kier molecular flexibility index (Phi) is 6.49. The van der Waals surface area contributed by atoms with Gasteiger partial charge in [0.05, 0.1) is 12.3 Å². The topological polar surface area (TPSA) is 67.0 Å². The molecule has 3 rings (SSSR count). The van der Waals surface area contributed by atoms with Gasteiger partial charge >= 0.3 is 0 Å². The van der Waals surface area contributed by atoms with Crippen LogP contribution in [0.25, 0.3) is 11.3 Å². The Bertz CT molecular complexity index is 890. The summed E-state index contributed by atoms with van der Waals surface area (Å²) in [7, 11) is 0. The molecule has 0 saturated carbocycles. The van der Waals surface area contributed by atoms with Crippen LogP contribution >= 0.6 is 11.6 Å². The van der Waals surface area contributed by atoms with E-state index in [1.54, 1.807) is 12.1 Å². The number of amides is 1. The second-order valence-electron chi connectivity index (χ2n) is 6.17. The summed E-state index contributed by atoms with van der Waals surface area (Å²) in [6.07, 6.45) is 2.14. The third kappa shape index (κ3) is 5.11. The summed E-state index contributed by atoms with van der Waals surface area (Å²) in [5.41, 5.74) is 2.89. The van der Waals surface area contributed by atoms with Crippen LogP contribution in [0.5, 0.6) is 5.75 Å². The number of aromatic amines is 1. The summed E-state index contributed by atoms with van der Waals surface area (Å²) in [6.45, 7) is 3.21. The average molecular weight is 384 g/mol. The first-order chi connectivity index (χ1) is 13.2. The number of nitrogens with one attached hydrogen (secondary N) is 2. The highest BCUT2D eigenvalue weighted by Gasteiger charge is 2.11. The maximum absolute atomic E-state index is 12.3. The zero-order valence-corrected chi connectivity index (χ0v) is 15.9. The number of halogens is 1. The zero-order valence-electron chi connectivity index (χ0n) is 15.2. The van der Waals surface area contributed by atoms with Crippen molar-refractivity contribution in [2.75, 3.05) is 6.61 Å². The fraction of sp³-hybridized carbons (Fsp3) is 0.238. The van der Waals surface area contributed by atoms with Crippen molar-refractivity contribution in [1.29, 1.82) is 0 Å². The molecule has 0 atom stereocenters. The molecule has 0 spiro atoms. The first-order valence-corrected chi connectivity index (χ1v) is 9.35. The Hall–Kier alpha value is -2.79. The van der Waals surface area contributed by atoms with E-state index in [0.717, 1.165) is 29.7 Å². The fourth-order valence-corrected chi connectivity index (χ4v) is 2.76. The van der Waals surface area contributed by atoms with Crippen molar-refractivity contribution in [3.8, 4) is 17.0 Å². The number of aromatic nitrogens is 2. The van der Waals surface area contributed by atoms with Gasteiger partial charge in [0.15, 0.2) is 0 Å². The minimum absolute atomic E-state index is 0.229. The minimum atomic E-state index is -0.229. The molecular formula is C21H22ClN3O2. The molecule has 0 aliphatic heterocycles. The normalized spacial score (nSPS) is 10.6. The lowest BCUT2D eigenvalue weighted by atomic mass is 10.1. The van der Waals surface area contributed by atoms with Crippen LogP contribution in [0.4, 0.5) is 0 Å². The first-order valence-electron chi connectivity index (χ1n) is 8.97. The van der Waals surface area contributed by atoms with E-state index in [1.807, 2.05) is 42.5 Å². The van der Waals surface area contributed by atoms with Crippen LogP contribution in [0.2, 0.25) is 5.02 Å². The van der Waals surface area contributed by atoms with E-state index in [9.17, 15) is 4.79 Å². The number of carbonyl (C=O) groups is 1. The smallest absolute Gasteiger partial charge is 0.269 e. The molecule has 0 aliphatic carbocycles. The maximum atomic E-state index is 12.3. The molecule has 0 aliphatic rings. The standard InChI is InChI=1S/C21H22ClN3O2/c1-2-3-12-27-17-10-8-15(9-11-17)19-13-20(25-24-19)21(26)23-14-16-6-4-5-7-18(16)22/h4-11,13H,2-3,12,14H2,1H3,(H,23,26)(H,24,25). The van der Waals surface area contributed by atoms with Gasteiger partial charge in [0.2, 0.25) is 0 Å². The SMILES string of the molecule is CCCCOc1ccc(-c2cc(C(=O)NCc3ccccc3Cl)[nH]n2)cc1. The van der Waals surface area contributed by atoms with Crippen LogP contribution in [0.1, 0.15) is 35.8 Å². The number of hydrogen-bond donors (Lipinski definition) is 2. The molecule has 1 aromatic heterocycles. The van der Waals surface area contributed by atoms with E-state index in [4.69, 9.17) is 16.3 Å². The number of benzene rings is 2. The van der Waals surface area contributed by atoms with Crippen LogP contribution < -0.4 is 10.1 Å². The number of H-pyrrole nitrogens is 1. The fourth-order valence-electron chi connectivity index (χ4n) is 2.55. The highest BCUT2D eigenvalue weighted by Crippen LogP contribution is 2.21. The lowest BCUT2D eigenvalue weighted by molar-refractivity contribution is 0.0946. The lowest BCUT2D eigenvalue weighted by Crippen LogP contribution is -2.23. The van der Waals surface area contributed by atoms with Crippen molar-refractivity contribution >= 4 is 17.5 Å². The van der Waals surface area contributed by atoms with Crippen LogP contribution in [0, 0.1) is 0 Å². The monoisotopic (exact) mass is 383 g/mol. The van der Waals surface area contributed by atoms with Gasteiger partial charge in [-0.15, -0.1) is 0 Å². The number of rotatable bonds is 8. The molecule has 2 N–H and O–H groups in total. The molecule has 6 heteroatoms. The van der Waals surface area contributed by atoms with Crippen LogP contribution in [-0.2, 0) is 6.54 Å². The number of unbranched alkanes of at least 4 members (excludes halogenated alkanes) is 1. The molecule has 0 saturated heterocycles. The van der Waals surface area contributed by atoms with Gasteiger partial charge in [-0.25, -0.2) is 0 Å². The third-order valence-electron chi connectivity index (χ3n) is 4.14. The van der Waals surface area contributed by atoms with Gasteiger partial charge in [-0.2, -0.15) is 5.10 Å². The molecule has 2 aromatic carbocycles. The predicted octanol–water partition coefficient (Wildman–Crippen LogP) is 4.84. The number of carbonyl (C=O) groups excluding carboxylic acids is 1. The summed E-state index contributed by atoms with van der Waals surface area (Å²) >= 11 is 6.11. The van der Waals surface area contributed by atoms with Crippen molar-refractivity contribution in [2.45, 2.75) is 26.3 Å². The van der Waals surface area contributed by atoms with E-state index in [0.29, 0.717) is 29.6 Å². The molecule has 1 heterocycles. The van der Waals surface area contributed by atoms with Crippen molar-refractivity contribution in [2.24, 2.45) is 0 Å².